The molecule has 0 aliphatic carbocycles. The van der Waals surface area contributed by atoms with Gasteiger partial charge in [-0.05, 0) is 54.6 Å². The minimum absolute atomic E-state index is 0.0295. The topological polar surface area (TPSA) is 67.9 Å². The molecule has 0 aliphatic rings. The Hall–Kier alpha value is -3.94. The molecule has 3 aromatic carbocycles. The summed E-state index contributed by atoms with van der Waals surface area (Å²) in [4.78, 5) is 26.8. The first-order chi connectivity index (χ1) is 14.8. The average Bonchev–Trinajstić information content (AvgIpc) is 2.78. The third-order valence-electron chi connectivity index (χ3n) is 4.59. The van der Waals surface area contributed by atoms with Gasteiger partial charge in [-0.3, -0.25) is 9.59 Å². The van der Waals surface area contributed by atoms with Crippen molar-refractivity contribution >= 4 is 23.2 Å². The summed E-state index contributed by atoms with van der Waals surface area (Å²) in [6.45, 7) is 0. The van der Waals surface area contributed by atoms with Crippen LogP contribution in [0, 0.1) is 11.6 Å². The number of ether oxygens (including phenoxy) is 2. The molecule has 0 unspecified atom stereocenters. The van der Waals surface area contributed by atoms with Gasteiger partial charge in [0.05, 0.1) is 25.3 Å². The van der Waals surface area contributed by atoms with Crippen molar-refractivity contribution in [2.45, 2.75) is 0 Å². The number of nitrogens with zero attached hydrogens (tertiary/aromatic N) is 1. The Morgan fingerprint density at radius 2 is 1.42 bits per heavy atom. The van der Waals surface area contributed by atoms with E-state index in [1.54, 1.807) is 24.3 Å². The Balaban J connectivity index is 1.85. The summed E-state index contributed by atoms with van der Waals surface area (Å²) < 4.78 is 37.5. The van der Waals surface area contributed by atoms with Crippen LogP contribution in [-0.4, -0.2) is 33.1 Å². The highest BCUT2D eigenvalue weighted by molar-refractivity contribution is 6.09. The van der Waals surface area contributed by atoms with Gasteiger partial charge in [0.15, 0.2) is 0 Å². The van der Waals surface area contributed by atoms with Gasteiger partial charge in [-0.2, -0.15) is 0 Å². The lowest BCUT2D eigenvalue weighted by Crippen LogP contribution is -2.27. The SMILES string of the molecule is COc1ccc(F)cc1C(=O)Nc1cccc(N(C)C(=O)c2cc(F)ccc2OC)c1. The number of methoxy groups -OCH3 is 2. The van der Waals surface area contributed by atoms with Gasteiger partial charge in [0.1, 0.15) is 23.1 Å². The van der Waals surface area contributed by atoms with E-state index in [0.29, 0.717) is 11.4 Å². The first kappa shape index (κ1) is 21.8. The largest absolute Gasteiger partial charge is 0.496 e. The standard InChI is InChI=1S/C23H20F2N2O4/c1-27(23(29)19-12-15(25)8-10-21(19)31-3)17-6-4-5-16(13-17)26-22(28)18-11-14(24)7-9-20(18)30-2/h4-13H,1-3H3,(H,26,28). The number of carbonyl (C=O) groups excluding carboxylic acids is 2. The number of rotatable bonds is 6. The van der Waals surface area contributed by atoms with Crippen LogP contribution in [0.4, 0.5) is 20.2 Å². The number of amides is 2. The highest BCUT2D eigenvalue weighted by atomic mass is 19.1. The Labute approximate surface area is 178 Å². The molecule has 1 N–H and O–H groups in total. The highest BCUT2D eigenvalue weighted by Gasteiger charge is 2.20. The lowest BCUT2D eigenvalue weighted by Gasteiger charge is -2.20. The van der Waals surface area contributed by atoms with Crippen molar-refractivity contribution in [1.82, 2.24) is 0 Å². The van der Waals surface area contributed by atoms with Crippen LogP contribution in [0.5, 0.6) is 11.5 Å². The van der Waals surface area contributed by atoms with E-state index in [0.717, 1.165) is 12.1 Å². The van der Waals surface area contributed by atoms with E-state index in [9.17, 15) is 18.4 Å². The fraction of sp³-hybridized carbons (Fsp3) is 0.130. The average molecular weight is 426 g/mol. The van der Waals surface area contributed by atoms with E-state index in [2.05, 4.69) is 5.32 Å². The lowest BCUT2D eigenvalue weighted by molar-refractivity contribution is 0.0988. The van der Waals surface area contributed by atoms with Gasteiger partial charge >= 0.3 is 0 Å². The molecule has 0 spiro atoms. The van der Waals surface area contributed by atoms with Crippen molar-refractivity contribution in [3.63, 3.8) is 0 Å². The second-order valence-electron chi connectivity index (χ2n) is 6.56. The van der Waals surface area contributed by atoms with Crippen LogP contribution in [0.25, 0.3) is 0 Å². The van der Waals surface area contributed by atoms with Gasteiger partial charge < -0.3 is 19.7 Å². The van der Waals surface area contributed by atoms with E-state index < -0.39 is 23.4 Å². The summed E-state index contributed by atoms with van der Waals surface area (Å²) in [6, 6.07) is 13.8. The zero-order valence-electron chi connectivity index (χ0n) is 17.1. The Morgan fingerprint density at radius 3 is 2.03 bits per heavy atom. The first-order valence-electron chi connectivity index (χ1n) is 9.20. The van der Waals surface area contributed by atoms with Gasteiger partial charge in [0.2, 0.25) is 0 Å². The van der Waals surface area contributed by atoms with Gasteiger partial charge in [0, 0.05) is 18.4 Å². The molecule has 0 aromatic heterocycles. The van der Waals surface area contributed by atoms with Crippen molar-refractivity contribution < 1.29 is 27.8 Å². The molecule has 0 radical (unpaired) electrons. The van der Waals surface area contributed by atoms with Crippen LogP contribution in [0.3, 0.4) is 0 Å². The molecule has 0 heterocycles. The second-order valence-corrected chi connectivity index (χ2v) is 6.56. The molecular formula is C23H20F2N2O4. The summed E-state index contributed by atoms with van der Waals surface area (Å²) in [5, 5.41) is 2.66. The molecular weight excluding hydrogens is 406 g/mol. The fourth-order valence-electron chi connectivity index (χ4n) is 2.99. The van der Waals surface area contributed by atoms with Crippen LogP contribution < -0.4 is 19.7 Å². The predicted octanol–water partition coefficient (Wildman–Crippen LogP) is 4.51. The summed E-state index contributed by atoms with van der Waals surface area (Å²) >= 11 is 0. The van der Waals surface area contributed by atoms with E-state index in [1.165, 1.54) is 50.4 Å². The first-order valence-corrected chi connectivity index (χ1v) is 9.20. The van der Waals surface area contributed by atoms with Crippen LogP contribution in [0.15, 0.2) is 60.7 Å². The molecule has 0 fully saturated rings. The molecule has 0 bridgehead atoms. The minimum atomic E-state index is -0.575. The van der Waals surface area contributed by atoms with Crippen molar-refractivity contribution in [2.24, 2.45) is 0 Å². The molecule has 31 heavy (non-hydrogen) atoms. The number of hydrogen-bond donors (Lipinski definition) is 1. The number of anilines is 2. The Kier molecular flexibility index (Phi) is 6.49. The Bertz CT molecular complexity index is 1130. The molecule has 160 valence electrons. The molecule has 3 aromatic rings. The molecule has 2 amide bonds. The maximum absolute atomic E-state index is 13.7. The van der Waals surface area contributed by atoms with Crippen molar-refractivity contribution in [1.29, 1.82) is 0 Å². The van der Waals surface area contributed by atoms with Crippen LogP contribution in [0.2, 0.25) is 0 Å². The fourth-order valence-corrected chi connectivity index (χ4v) is 2.99. The van der Waals surface area contributed by atoms with Crippen LogP contribution >= 0.6 is 0 Å². The number of carbonyl (C=O) groups is 2. The third kappa shape index (κ3) is 4.80. The van der Waals surface area contributed by atoms with Crippen LogP contribution in [0.1, 0.15) is 20.7 Å². The smallest absolute Gasteiger partial charge is 0.261 e. The third-order valence-corrected chi connectivity index (χ3v) is 4.59. The molecule has 0 saturated carbocycles. The summed E-state index contributed by atoms with van der Waals surface area (Å²) in [5.74, 6) is -1.75. The van der Waals surface area contributed by atoms with Gasteiger partial charge in [-0.15, -0.1) is 0 Å². The molecule has 0 aliphatic heterocycles. The zero-order valence-corrected chi connectivity index (χ0v) is 17.1. The summed E-state index contributed by atoms with van der Waals surface area (Å²) in [6.07, 6.45) is 0. The highest BCUT2D eigenvalue weighted by Crippen LogP contribution is 2.26. The molecule has 6 nitrogen and oxygen atoms in total. The van der Waals surface area contributed by atoms with Crippen LogP contribution in [-0.2, 0) is 0 Å². The van der Waals surface area contributed by atoms with Crippen molar-refractivity contribution in [2.75, 3.05) is 31.5 Å². The van der Waals surface area contributed by atoms with E-state index in [4.69, 9.17) is 9.47 Å². The minimum Gasteiger partial charge on any atom is -0.496 e. The zero-order chi connectivity index (χ0) is 22.5. The quantitative estimate of drug-likeness (QED) is 0.630. The molecule has 0 saturated heterocycles. The van der Waals surface area contributed by atoms with Crippen molar-refractivity contribution in [3.05, 3.63) is 83.4 Å². The predicted molar refractivity (Wildman–Crippen MR) is 113 cm³/mol. The maximum atomic E-state index is 13.7. The number of halogens is 2. The molecule has 8 heteroatoms. The molecule has 0 atom stereocenters. The second kappa shape index (κ2) is 9.25. The maximum Gasteiger partial charge on any atom is 0.261 e. The van der Waals surface area contributed by atoms with E-state index in [1.807, 2.05) is 0 Å². The summed E-state index contributed by atoms with van der Waals surface area (Å²) in [5.41, 5.74) is 0.908. The number of nitrogens with one attached hydrogen (secondary N) is 1. The monoisotopic (exact) mass is 426 g/mol. The summed E-state index contributed by atoms with van der Waals surface area (Å²) in [7, 11) is 4.29. The number of benzene rings is 3. The number of hydrogen-bond acceptors (Lipinski definition) is 4. The normalized spacial score (nSPS) is 10.4. The molecule has 3 rings (SSSR count). The lowest BCUT2D eigenvalue weighted by atomic mass is 10.1. The van der Waals surface area contributed by atoms with Crippen molar-refractivity contribution in [3.8, 4) is 11.5 Å². The van der Waals surface area contributed by atoms with Gasteiger partial charge in [-0.1, -0.05) is 6.07 Å². The van der Waals surface area contributed by atoms with Gasteiger partial charge in [-0.25, -0.2) is 8.78 Å². The van der Waals surface area contributed by atoms with E-state index >= 15 is 0 Å². The van der Waals surface area contributed by atoms with Gasteiger partial charge in [0.25, 0.3) is 11.8 Å². The Morgan fingerprint density at radius 1 is 0.839 bits per heavy atom. The van der Waals surface area contributed by atoms with E-state index in [-0.39, 0.29) is 22.6 Å².